The van der Waals surface area contributed by atoms with E-state index < -0.39 is 16.9 Å². The first-order chi connectivity index (χ1) is 6.04. The van der Waals surface area contributed by atoms with Gasteiger partial charge in [0.25, 0.3) is 0 Å². The minimum absolute atomic E-state index is 0.230. The van der Waals surface area contributed by atoms with Crippen molar-refractivity contribution in [1.82, 2.24) is 4.90 Å². The van der Waals surface area contributed by atoms with Gasteiger partial charge in [0.2, 0.25) is 6.10 Å². The van der Waals surface area contributed by atoms with Gasteiger partial charge in [-0.1, -0.05) is 0 Å². The van der Waals surface area contributed by atoms with E-state index in [9.17, 15) is 14.9 Å². The zero-order valence-corrected chi connectivity index (χ0v) is 7.60. The number of carbonyl (C=O) groups excluding carboxylic acids is 1. The molecule has 1 fully saturated rings. The van der Waals surface area contributed by atoms with Crippen LogP contribution >= 0.6 is 0 Å². The summed E-state index contributed by atoms with van der Waals surface area (Å²) in [5.41, 5.74) is 0. The number of hydrogen-bond donors (Lipinski definition) is 0. The molecule has 0 aliphatic carbocycles. The largest absolute Gasteiger partial charge is 0.474 e. The highest BCUT2D eigenvalue weighted by Gasteiger charge is 2.39. The second-order valence-electron chi connectivity index (χ2n) is 3.11. The molecule has 1 saturated heterocycles. The first-order valence-corrected chi connectivity index (χ1v) is 4.04. The van der Waals surface area contributed by atoms with E-state index in [0.717, 1.165) is 0 Å². The second-order valence-corrected chi connectivity index (χ2v) is 3.11. The van der Waals surface area contributed by atoms with Gasteiger partial charge in [-0.15, -0.1) is 0 Å². The van der Waals surface area contributed by atoms with Gasteiger partial charge in [0.05, 0.1) is 6.61 Å². The highest BCUT2D eigenvalue weighted by atomic mass is 16.6. The van der Waals surface area contributed by atoms with Crippen molar-refractivity contribution in [2.45, 2.75) is 19.1 Å². The summed E-state index contributed by atoms with van der Waals surface area (Å²) in [7, 11) is 1.81. The van der Waals surface area contributed by atoms with E-state index in [0.29, 0.717) is 13.2 Å². The Bertz CT molecular complexity index is 231. The third-order valence-corrected chi connectivity index (χ3v) is 2.30. The van der Waals surface area contributed by atoms with Gasteiger partial charge >= 0.3 is 5.91 Å². The standard InChI is InChI=1S/C7H12N2O4/c1-5-6(7(10)9(11)12)13-4-3-8(5)2/h5-6H,3-4H2,1-2H3/t5-,6?/m1/s1. The van der Waals surface area contributed by atoms with Gasteiger partial charge in [0.1, 0.15) is 4.92 Å². The minimum atomic E-state index is -1.06. The van der Waals surface area contributed by atoms with Crippen LogP contribution in [0.25, 0.3) is 0 Å². The average Bonchev–Trinajstić information content (AvgIpc) is 2.08. The number of hydrogen-bond acceptors (Lipinski definition) is 5. The molecule has 1 rings (SSSR count). The Hall–Kier alpha value is -1.01. The molecule has 0 N–H and O–H groups in total. The lowest BCUT2D eigenvalue weighted by molar-refractivity contribution is -0.411. The van der Waals surface area contributed by atoms with Gasteiger partial charge in [-0.2, -0.15) is 0 Å². The topological polar surface area (TPSA) is 72.7 Å². The summed E-state index contributed by atoms with van der Waals surface area (Å²) in [6.45, 7) is 2.80. The van der Waals surface area contributed by atoms with Crippen molar-refractivity contribution in [2.24, 2.45) is 0 Å². The van der Waals surface area contributed by atoms with Crippen molar-refractivity contribution in [2.75, 3.05) is 20.2 Å². The summed E-state index contributed by atoms with van der Waals surface area (Å²) in [6.07, 6.45) is -0.922. The molecule has 1 aliphatic heterocycles. The summed E-state index contributed by atoms with van der Waals surface area (Å²) < 4.78 is 5.05. The van der Waals surface area contributed by atoms with Crippen LogP contribution in [0, 0.1) is 10.1 Å². The van der Waals surface area contributed by atoms with Crippen molar-refractivity contribution in [1.29, 1.82) is 0 Å². The Kier molecular flexibility index (Phi) is 2.94. The van der Waals surface area contributed by atoms with Crippen molar-refractivity contribution < 1.29 is 14.5 Å². The second kappa shape index (κ2) is 3.80. The molecule has 13 heavy (non-hydrogen) atoms. The van der Waals surface area contributed by atoms with E-state index >= 15 is 0 Å². The predicted octanol–water partition coefficient (Wildman–Crippen LogP) is -0.491. The van der Waals surface area contributed by atoms with Crippen LogP contribution in [0.2, 0.25) is 0 Å². The van der Waals surface area contributed by atoms with Crippen LogP contribution in [0.1, 0.15) is 6.92 Å². The van der Waals surface area contributed by atoms with E-state index in [1.807, 2.05) is 11.9 Å². The molecule has 0 aromatic rings. The van der Waals surface area contributed by atoms with Crippen LogP contribution < -0.4 is 0 Å². The van der Waals surface area contributed by atoms with E-state index in [2.05, 4.69) is 0 Å². The van der Waals surface area contributed by atoms with Gasteiger partial charge in [0.15, 0.2) is 0 Å². The van der Waals surface area contributed by atoms with E-state index in [-0.39, 0.29) is 6.04 Å². The van der Waals surface area contributed by atoms with Crippen molar-refractivity contribution >= 4 is 5.91 Å². The summed E-state index contributed by atoms with van der Waals surface area (Å²) >= 11 is 0. The lowest BCUT2D eigenvalue weighted by Gasteiger charge is -2.33. The molecule has 0 radical (unpaired) electrons. The Labute approximate surface area is 75.6 Å². The number of carbonyl (C=O) groups is 1. The number of nitrogens with zero attached hydrogens (tertiary/aromatic N) is 2. The van der Waals surface area contributed by atoms with E-state index in [1.165, 1.54) is 0 Å². The molecule has 0 bridgehead atoms. The first kappa shape index (κ1) is 10.1. The fourth-order valence-electron chi connectivity index (χ4n) is 1.28. The summed E-state index contributed by atoms with van der Waals surface area (Å²) in [5, 5.41) is 10.2. The minimum Gasteiger partial charge on any atom is -0.360 e. The third kappa shape index (κ3) is 2.02. The molecule has 74 valence electrons. The maximum absolute atomic E-state index is 11.0. The summed E-state index contributed by atoms with van der Waals surface area (Å²) in [6, 6.07) is -0.230. The Morgan fingerprint density at radius 2 is 2.31 bits per heavy atom. The first-order valence-electron chi connectivity index (χ1n) is 4.04. The molecule has 1 aliphatic rings. The smallest absolute Gasteiger partial charge is 0.360 e. The molecule has 6 heteroatoms. The molecule has 1 unspecified atom stereocenters. The number of likely N-dealkylation sites (N-methyl/N-ethyl adjacent to an activating group) is 1. The van der Waals surface area contributed by atoms with E-state index in [4.69, 9.17) is 4.74 Å². The Morgan fingerprint density at radius 1 is 1.69 bits per heavy atom. The number of ether oxygens (including phenoxy) is 1. The van der Waals surface area contributed by atoms with Crippen LogP contribution in [0.4, 0.5) is 0 Å². The average molecular weight is 188 g/mol. The zero-order chi connectivity index (χ0) is 10.0. The lowest BCUT2D eigenvalue weighted by Crippen LogP contribution is -2.52. The van der Waals surface area contributed by atoms with Gasteiger partial charge in [-0.05, 0) is 14.0 Å². The van der Waals surface area contributed by atoms with Crippen LogP contribution in [0.15, 0.2) is 0 Å². The summed E-state index contributed by atoms with van der Waals surface area (Å²) in [5.74, 6) is -1.06. The third-order valence-electron chi connectivity index (χ3n) is 2.30. The molecule has 0 aromatic carbocycles. The summed E-state index contributed by atoms with van der Waals surface area (Å²) in [4.78, 5) is 22.2. The molecular formula is C7H12N2O4. The van der Waals surface area contributed by atoms with Gasteiger partial charge in [-0.3, -0.25) is 15.0 Å². The molecule has 0 saturated carbocycles. The van der Waals surface area contributed by atoms with Crippen molar-refractivity contribution in [3.8, 4) is 0 Å². The molecular weight excluding hydrogens is 176 g/mol. The molecule has 6 nitrogen and oxygen atoms in total. The Morgan fingerprint density at radius 3 is 2.85 bits per heavy atom. The molecule has 1 amide bonds. The highest BCUT2D eigenvalue weighted by Crippen LogP contribution is 2.12. The maximum atomic E-state index is 11.0. The van der Waals surface area contributed by atoms with Gasteiger partial charge in [0, 0.05) is 12.6 Å². The quantitative estimate of drug-likeness (QED) is 0.410. The Balaban J connectivity index is 2.68. The van der Waals surface area contributed by atoms with Crippen molar-refractivity contribution in [3.63, 3.8) is 0 Å². The van der Waals surface area contributed by atoms with Crippen LogP contribution in [-0.4, -0.2) is 48.1 Å². The fourth-order valence-corrected chi connectivity index (χ4v) is 1.28. The number of morpholine rings is 1. The number of amides is 1. The molecule has 2 atom stereocenters. The highest BCUT2D eigenvalue weighted by molar-refractivity contribution is 5.73. The fraction of sp³-hybridized carbons (Fsp3) is 0.857. The predicted molar refractivity (Wildman–Crippen MR) is 43.8 cm³/mol. The number of rotatable bonds is 1. The SMILES string of the molecule is C[C@@H]1C(C(=O)[N+](=O)[O-])OCCN1C. The van der Waals surface area contributed by atoms with Gasteiger partial charge in [-0.25, -0.2) is 4.79 Å². The van der Waals surface area contributed by atoms with Crippen LogP contribution in [0.3, 0.4) is 0 Å². The zero-order valence-electron chi connectivity index (χ0n) is 7.60. The molecule has 1 heterocycles. The number of nitro groups is 1. The molecule has 0 spiro atoms. The van der Waals surface area contributed by atoms with Crippen LogP contribution in [0.5, 0.6) is 0 Å². The monoisotopic (exact) mass is 188 g/mol. The van der Waals surface area contributed by atoms with E-state index in [1.54, 1.807) is 6.92 Å². The lowest BCUT2D eigenvalue weighted by atomic mass is 10.1. The van der Waals surface area contributed by atoms with Gasteiger partial charge < -0.3 is 4.74 Å². The normalized spacial score (nSPS) is 30.0. The molecule has 0 aromatic heterocycles. The maximum Gasteiger partial charge on any atom is 0.474 e. The van der Waals surface area contributed by atoms with Crippen molar-refractivity contribution in [3.05, 3.63) is 10.1 Å². The van der Waals surface area contributed by atoms with Crippen LogP contribution in [-0.2, 0) is 9.53 Å².